The van der Waals surface area contributed by atoms with Crippen molar-refractivity contribution in [2.75, 3.05) is 13.2 Å². The molecule has 1 atom stereocenters. The molecular weight excluding hydrogens is 222 g/mol. The molecule has 0 aliphatic rings. The van der Waals surface area contributed by atoms with E-state index in [4.69, 9.17) is 10.1 Å². The van der Waals surface area contributed by atoms with Crippen LogP contribution in [0.1, 0.15) is 45.6 Å². The Bertz CT molecular complexity index is 361. The maximum absolute atomic E-state index is 8.22. The Hall–Kier alpha value is -1.15. The first-order chi connectivity index (χ1) is 8.67. The summed E-state index contributed by atoms with van der Waals surface area (Å²) in [6, 6.07) is 10.4. The van der Waals surface area contributed by atoms with Gasteiger partial charge in [-0.1, -0.05) is 43.7 Å². The molecule has 1 aromatic carbocycles. The maximum Gasteiger partial charge on any atom is 0.0478 e. The molecule has 0 unspecified atom stereocenters. The van der Waals surface area contributed by atoms with Crippen LogP contribution < -0.4 is 0 Å². The van der Waals surface area contributed by atoms with Gasteiger partial charge in [-0.15, -0.1) is 0 Å². The lowest BCUT2D eigenvalue weighted by atomic mass is 9.71. The Morgan fingerprint density at radius 2 is 1.83 bits per heavy atom. The second-order valence-electron chi connectivity index (χ2n) is 4.77. The van der Waals surface area contributed by atoms with Crippen LogP contribution in [0.25, 0.3) is 0 Å². The maximum atomic E-state index is 8.22. The Morgan fingerprint density at radius 3 is 2.33 bits per heavy atom. The molecule has 0 amide bonds. The molecule has 0 fully saturated rings. The van der Waals surface area contributed by atoms with Gasteiger partial charge in [0.25, 0.3) is 0 Å². The number of ether oxygens (including phenoxy) is 1. The van der Waals surface area contributed by atoms with Crippen LogP contribution in [-0.4, -0.2) is 18.9 Å². The summed E-state index contributed by atoms with van der Waals surface area (Å²) in [7, 11) is 0. The van der Waals surface area contributed by atoms with Gasteiger partial charge >= 0.3 is 0 Å². The Balaban J connectivity index is 3.01. The zero-order valence-electron chi connectivity index (χ0n) is 11.8. The average Bonchev–Trinajstić information content (AvgIpc) is 2.38. The van der Waals surface area contributed by atoms with Crippen molar-refractivity contribution < 1.29 is 4.74 Å². The second kappa shape index (κ2) is 7.32. The van der Waals surface area contributed by atoms with Crippen molar-refractivity contribution in [3.8, 4) is 0 Å². The zero-order valence-corrected chi connectivity index (χ0v) is 11.8. The quantitative estimate of drug-likeness (QED) is 0.542. The van der Waals surface area contributed by atoms with E-state index < -0.39 is 0 Å². The van der Waals surface area contributed by atoms with Gasteiger partial charge in [0.1, 0.15) is 0 Å². The van der Waals surface area contributed by atoms with Crippen LogP contribution in [0.5, 0.6) is 0 Å². The normalized spacial score (nSPS) is 14.2. The summed E-state index contributed by atoms with van der Waals surface area (Å²) >= 11 is 0. The molecule has 2 nitrogen and oxygen atoms in total. The molecule has 0 spiro atoms. The average molecular weight is 247 g/mol. The van der Waals surface area contributed by atoms with Gasteiger partial charge in [0.15, 0.2) is 0 Å². The lowest BCUT2D eigenvalue weighted by molar-refractivity contribution is 0.132. The molecule has 1 N–H and O–H groups in total. The first-order valence-electron chi connectivity index (χ1n) is 6.86. The van der Waals surface area contributed by atoms with Gasteiger partial charge in [0.2, 0.25) is 0 Å². The van der Waals surface area contributed by atoms with E-state index in [-0.39, 0.29) is 5.41 Å². The van der Waals surface area contributed by atoms with Crippen LogP contribution in [0.4, 0.5) is 0 Å². The van der Waals surface area contributed by atoms with E-state index in [9.17, 15) is 0 Å². The van der Waals surface area contributed by atoms with E-state index in [0.29, 0.717) is 0 Å². The highest BCUT2D eigenvalue weighted by molar-refractivity contribution is 5.90. The summed E-state index contributed by atoms with van der Waals surface area (Å²) < 4.78 is 5.51. The molecule has 0 heterocycles. The Morgan fingerprint density at radius 1 is 1.17 bits per heavy atom. The van der Waals surface area contributed by atoms with Crippen LogP contribution in [0.15, 0.2) is 30.3 Å². The Kier molecular flexibility index (Phi) is 6.06. The standard InChI is InChI=1S/C16H25NO/c1-4-11-16(14(3)17,12-13-18-5-2)15-9-7-6-8-10-15/h6-10,17H,4-5,11-13H2,1-3H3/t16-/m0/s1. The fourth-order valence-corrected chi connectivity index (χ4v) is 2.58. The fraction of sp³-hybridized carbons (Fsp3) is 0.562. The number of rotatable bonds is 8. The van der Waals surface area contributed by atoms with Gasteiger partial charge in [-0.2, -0.15) is 0 Å². The molecule has 0 saturated carbocycles. The molecular formula is C16H25NO. The Labute approximate surface area is 111 Å². The first kappa shape index (κ1) is 14.9. The van der Waals surface area contributed by atoms with Crippen molar-refractivity contribution >= 4 is 5.71 Å². The third-order valence-electron chi connectivity index (χ3n) is 3.60. The molecule has 0 aliphatic carbocycles. The van der Waals surface area contributed by atoms with Crippen LogP contribution in [0, 0.1) is 5.41 Å². The van der Waals surface area contributed by atoms with Crippen molar-refractivity contribution in [1.82, 2.24) is 0 Å². The summed E-state index contributed by atoms with van der Waals surface area (Å²) in [5.41, 5.74) is 1.85. The van der Waals surface area contributed by atoms with Gasteiger partial charge in [-0.05, 0) is 32.3 Å². The van der Waals surface area contributed by atoms with Crippen LogP contribution >= 0.6 is 0 Å². The summed E-state index contributed by atoms with van der Waals surface area (Å²) in [6.45, 7) is 7.59. The second-order valence-corrected chi connectivity index (χ2v) is 4.77. The predicted octanol–water partition coefficient (Wildman–Crippen LogP) is 4.19. The SMILES string of the molecule is CCC[C@](CCOCC)(C(C)=N)c1ccccc1. The van der Waals surface area contributed by atoms with Crippen molar-refractivity contribution in [2.24, 2.45) is 0 Å². The van der Waals surface area contributed by atoms with Crippen molar-refractivity contribution in [2.45, 2.75) is 45.4 Å². The number of hydrogen-bond donors (Lipinski definition) is 1. The molecule has 0 radical (unpaired) electrons. The summed E-state index contributed by atoms with van der Waals surface area (Å²) in [5.74, 6) is 0. The highest BCUT2D eigenvalue weighted by Gasteiger charge is 2.33. The number of nitrogens with one attached hydrogen (secondary N) is 1. The van der Waals surface area contributed by atoms with Crippen LogP contribution in [0.3, 0.4) is 0 Å². The molecule has 18 heavy (non-hydrogen) atoms. The lowest BCUT2D eigenvalue weighted by Gasteiger charge is -2.34. The van der Waals surface area contributed by atoms with Gasteiger partial charge < -0.3 is 10.1 Å². The van der Waals surface area contributed by atoms with E-state index >= 15 is 0 Å². The number of hydrogen-bond acceptors (Lipinski definition) is 2. The van der Waals surface area contributed by atoms with Crippen LogP contribution in [-0.2, 0) is 10.2 Å². The largest absolute Gasteiger partial charge is 0.382 e. The molecule has 0 aliphatic heterocycles. The first-order valence-corrected chi connectivity index (χ1v) is 6.86. The van der Waals surface area contributed by atoms with Gasteiger partial charge in [-0.3, -0.25) is 0 Å². The van der Waals surface area contributed by atoms with Crippen LogP contribution in [0.2, 0.25) is 0 Å². The minimum Gasteiger partial charge on any atom is -0.382 e. The molecule has 0 saturated heterocycles. The zero-order chi connectivity index (χ0) is 13.4. The predicted molar refractivity (Wildman–Crippen MR) is 77.5 cm³/mol. The number of benzene rings is 1. The highest BCUT2D eigenvalue weighted by atomic mass is 16.5. The van der Waals surface area contributed by atoms with Gasteiger partial charge in [0, 0.05) is 24.3 Å². The fourth-order valence-electron chi connectivity index (χ4n) is 2.58. The van der Waals surface area contributed by atoms with E-state index in [2.05, 4.69) is 31.2 Å². The van der Waals surface area contributed by atoms with E-state index in [1.54, 1.807) is 0 Å². The van der Waals surface area contributed by atoms with Gasteiger partial charge in [0.05, 0.1) is 0 Å². The topological polar surface area (TPSA) is 33.1 Å². The van der Waals surface area contributed by atoms with Crippen molar-refractivity contribution in [3.63, 3.8) is 0 Å². The third-order valence-corrected chi connectivity index (χ3v) is 3.60. The van der Waals surface area contributed by atoms with E-state index in [1.807, 2.05) is 19.9 Å². The highest BCUT2D eigenvalue weighted by Crippen LogP contribution is 2.34. The molecule has 1 aromatic rings. The lowest BCUT2D eigenvalue weighted by Crippen LogP contribution is -2.35. The minimum atomic E-state index is -0.148. The van der Waals surface area contributed by atoms with E-state index in [0.717, 1.165) is 38.2 Å². The minimum absolute atomic E-state index is 0.148. The molecule has 100 valence electrons. The van der Waals surface area contributed by atoms with Gasteiger partial charge in [-0.25, -0.2) is 0 Å². The van der Waals surface area contributed by atoms with Crippen molar-refractivity contribution in [3.05, 3.63) is 35.9 Å². The summed E-state index contributed by atoms with van der Waals surface area (Å²) in [5, 5.41) is 8.22. The van der Waals surface area contributed by atoms with Crippen molar-refractivity contribution in [1.29, 1.82) is 5.41 Å². The van der Waals surface area contributed by atoms with E-state index in [1.165, 1.54) is 5.56 Å². The monoisotopic (exact) mass is 247 g/mol. The molecule has 1 rings (SSSR count). The molecule has 0 aromatic heterocycles. The summed E-state index contributed by atoms with van der Waals surface area (Å²) in [6.07, 6.45) is 2.99. The smallest absolute Gasteiger partial charge is 0.0478 e. The third kappa shape index (κ3) is 3.42. The molecule has 0 bridgehead atoms. The summed E-state index contributed by atoms with van der Waals surface area (Å²) in [4.78, 5) is 0. The molecule has 2 heteroatoms.